The Bertz CT molecular complexity index is 2780. The Morgan fingerprint density at radius 1 is 0.549 bits per heavy atom. The highest BCUT2D eigenvalue weighted by Crippen LogP contribution is 2.37. The van der Waals surface area contributed by atoms with Gasteiger partial charge >= 0.3 is 0 Å². The molecule has 0 aliphatic rings. The van der Waals surface area contributed by atoms with Crippen molar-refractivity contribution in [1.29, 1.82) is 0 Å². The fourth-order valence-electron chi connectivity index (χ4n) is 7.36. The van der Waals surface area contributed by atoms with Crippen LogP contribution in [0.3, 0.4) is 0 Å². The molecule has 3 heteroatoms. The van der Waals surface area contributed by atoms with Crippen molar-refractivity contribution in [2.24, 2.45) is 0 Å². The summed E-state index contributed by atoms with van der Waals surface area (Å²) in [4.78, 5) is 4.22. The van der Waals surface area contributed by atoms with Gasteiger partial charge in [-0.05, 0) is 118 Å². The molecule has 0 saturated carbocycles. The molecule has 0 atom stereocenters. The number of rotatable bonds is 7. The Morgan fingerprint density at radius 3 is 1.71 bits per heavy atom. The maximum absolute atomic E-state index is 6.02. The summed E-state index contributed by atoms with van der Waals surface area (Å²) in [6.07, 6.45) is 9.85. The van der Waals surface area contributed by atoms with Gasteiger partial charge in [-0.25, -0.2) is 0 Å². The number of fused-ring (bicyclic) bond motifs is 4. The van der Waals surface area contributed by atoms with E-state index in [2.05, 4.69) is 175 Å². The van der Waals surface area contributed by atoms with Gasteiger partial charge in [-0.15, -0.1) is 0 Å². The van der Waals surface area contributed by atoms with Gasteiger partial charge in [0.15, 0.2) is 5.58 Å². The number of hydrogen-bond donors (Lipinski definition) is 0. The number of benzene rings is 6. The van der Waals surface area contributed by atoms with Crippen LogP contribution in [0.15, 0.2) is 175 Å². The van der Waals surface area contributed by atoms with Crippen molar-refractivity contribution in [1.82, 2.24) is 9.55 Å². The van der Waals surface area contributed by atoms with Crippen LogP contribution in [0, 0.1) is 0 Å². The molecule has 0 aliphatic carbocycles. The third-order valence-electron chi connectivity index (χ3n) is 9.78. The lowest BCUT2D eigenvalue weighted by molar-refractivity contribution is 0.667. The van der Waals surface area contributed by atoms with Gasteiger partial charge in [-0.1, -0.05) is 104 Å². The fraction of sp³-hybridized carbons (Fsp3) is 0.0208. The highest BCUT2D eigenvalue weighted by molar-refractivity contribution is 6.06. The van der Waals surface area contributed by atoms with Crippen molar-refractivity contribution in [2.75, 3.05) is 0 Å². The Labute approximate surface area is 297 Å². The van der Waals surface area contributed by atoms with Crippen molar-refractivity contribution in [3.05, 3.63) is 182 Å². The number of furan rings is 1. The number of hydrogen-bond acceptors (Lipinski definition) is 2. The summed E-state index contributed by atoms with van der Waals surface area (Å²) in [5, 5.41) is 3.39. The van der Waals surface area contributed by atoms with Crippen LogP contribution in [0.2, 0.25) is 0 Å². The minimum Gasteiger partial charge on any atom is -0.454 e. The average Bonchev–Trinajstić information content (AvgIpc) is 3.73. The second kappa shape index (κ2) is 12.6. The number of para-hydroxylation sites is 1. The lowest BCUT2D eigenvalue weighted by atomic mass is 9.94. The predicted octanol–water partition coefficient (Wildman–Crippen LogP) is 13.3. The topological polar surface area (TPSA) is 31.0 Å². The van der Waals surface area contributed by atoms with Crippen LogP contribution in [0.5, 0.6) is 0 Å². The molecule has 0 aliphatic heterocycles. The van der Waals surface area contributed by atoms with Crippen LogP contribution in [0.1, 0.15) is 18.2 Å². The van der Waals surface area contributed by atoms with E-state index < -0.39 is 0 Å². The summed E-state index contributed by atoms with van der Waals surface area (Å²) in [6, 6.07) is 52.2. The highest BCUT2D eigenvalue weighted by Gasteiger charge is 2.16. The first-order valence-electron chi connectivity index (χ1n) is 17.3. The molecule has 3 aromatic heterocycles. The lowest BCUT2D eigenvalue weighted by Gasteiger charge is -2.11. The van der Waals surface area contributed by atoms with Crippen LogP contribution in [-0.2, 0) is 0 Å². The Kier molecular flexibility index (Phi) is 7.52. The summed E-state index contributed by atoms with van der Waals surface area (Å²) in [6.45, 7) is 6.25. The van der Waals surface area contributed by atoms with Crippen LogP contribution in [0.25, 0.3) is 95.2 Å². The second-order valence-electron chi connectivity index (χ2n) is 12.8. The maximum Gasteiger partial charge on any atom is 0.153 e. The molecule has 51 heavy (non-hydrogen) atoms. The molecule has 0 radical (unpaired) electrons. The summed E-state index contributed by atoms with van der Waals surface area (Å²) >= 11 is 0. The molecule has 3 heterocycles. The summed E-state index contributed by atoms with van der Waals surface area (Å²) < 4.78 is 8.32. The first kappa shape index (κ1) is 30.4. The summed E-state index contributed by atoms with van der Waals surface area (Å²) in [5.41, 5.74) is 15.6. The third kappa shape index (κ3) is 5.36. The zero-order valence-electron chi connectivity index (χ0n) is 28.3. The number of pyridine rings is 1. The SMILES string of the molecule is C=Cc1c(/C=C\C)c2cc(-c3cccc(-c4cccc(-c5cccc(-c6ccc7oc8cnccc8c7c6)c5)c4)c3)ccc2n1-c1ccccc1. The Hall–Kier alpha value is -6.71. The molecule has 0 fully saturated rings. The van der Waals surface area contributed by atoms with Crippen molar-refractivity contribution < 1.29 is 4.42 Å². The maximum atomic E-state index is 6.02. The first-order chi connectivity index (χ1) is 25.2. The van der Waals surface area contributed by atoms with Gasteiger partial charge in [-0.3, -0.25) is 4.98 Å². The number of aromatic nitrogens is 2. The monoisotopic (exact) mass is 654 g/mol. The van der Waals surface area contributed by atoms with Gasteiger partial charge in [0, 0.05) is 33.6 Å². The highest BCUT2D eigenvalue weighted by atomic mass is 16.3. The molecule has 9 rings (SSSR count). The molecule has 0 saturated heterocycles. The van der Waals surface area contributed by atoms with Crippen molar-refractivity contribution >= 4 is 45.0 Å². The van der Waals surface area contributed by atoms with E-state index in [4.69, 9.17) is 4.42 Å². The van der Waals surface area contributed by atoms with Crippen LogP contribution >= 0.6 is 0 Å². The molecule has 0 spiro atoms. The number of allylic oxidation sites excluding steroid dienone is 1. The average molecular weight is 655 g/mol. The molecule has 0 bridgehead atoms. The van der Waals surface area contributed by atoms with Crippen LogP contribution < -0.4 is 0 Å². The Balaban J connectivity index is 1.07. The van der Waals surface area contributed by atoms with Crippen LogP contribution in [-0.4, -0.2) is 9.55 Å². The summed E-state index contributed by atoms with van der Waals surface area (Å²) in [5.74, 6) is 0. The third-order valence-corrected chi connectivity index (χ3v) is 9.78. The lowest BCUT2D eigenvalue weighted by Crippen LogP contribution is -1.96. The zero-order valence-corrected chi connectivity index (χ0v) is 28.3. The van der Waals surface area contributed by atoms with Crippen molar-refractivity contribution in [3.63, 3.8) is 0 Å². The van der Waals surface area contributed by atoms with E-state index in [1.165, 1.54) is 49.9 Å². The predicted molar refractivity (Wildman–Crippen MR) is 215 cm³/mol. The van der Waals surface area contributed by atoms with Crippen molar-refractivity contribution in [2.45, 2.75) is 6.92 Å². The molecule has 0 N–H and O–H groups in total. The first-order valence-corrected chi connectivity index (χ1v) is 17.3. The molecule has 6 aromatic carbocycles. The van der Waals surface area contributed by atoms with Gasteiger partial charge in [-0.2, -0.15) is 0 Å². The van der Waals surface area contributed by atoms with E-state index in [9.17, 15) is 0 Å². The molecule has 9 aromatic rings. The van der Waals surface area contributed by atoms with E-state index in [-0.39, 0.29) is 0 Å². The van der Waals surface area contributed by atoms with Crippen molar-refractivity contribution in [3.8, 4) is 50.2 Å². The summed E-state index contributed by atoms with van der Waals surface area (Å²) in [7, 11) is 0. The minimum absolute atomic E-state index is 0.808. The molecule has 0 amide bonds. The van der Waals surface area contributed by atoms with Gasteiger partial charge in [0.2, 0.25) is 0 Å². The molecule has 0 unspecified atom stereocenters. The Morgan fingerprint density at radius 2 is 1.12 bits per heavy atom. The molecule has 242 valence electrons. The van der Waals surface area contributed by atoms with Crippen LogP contribution in [0.4, 0.5) is 0 Å². The number of nitrogens with zero attached hydrogens (tertiary/aromatic N) is 2. The molecular formula is C48H34N2O. The van der Waals surface area contributed by atoms with Gasteiger partial charge < -0.3 is 8.98 Å². The minimum atomic E-state index is 0.808. The standard InChI is InChI=1S/C48H34N2O/c1-3-11-41-43-29-38(20-22-46(43)50(45(41)4-2)40-18-6-5-7-19-40)36-16-9-14-34(27-36)32-12-8-13-33(26-32)35-15-10-17-37(28-35)39-21-23-47-44(30-39)42-24-25-49-31-48(42)51-47/h3-31H,2H2,1H3/b11-3-. The van der Waals surface area contributed by atoms with E-state index >= 15 is 0 Å². The largest absolute Gasteiger partial charge is 0.454 e. The smallest absolute Gasteiger partial charge is 0.153 e. The van der Waals surface area contributed by atoms with Gasteiger partial charge in [0.05, 0.1) is 17.4 Å². The van der Waals surface area contributed by atoms with Gasteiger partial charge in [0.1, 0.15) is 5.58 Å². The van der Waals surface area contributed by atoms with E-state index in [0.29, 0.717) is 0 Å². The molecule has 3 nitrogen and oxygen atoms in total. The zero-order chi connectivity index (χ0) is 34.3. The van der Waals surface area contributed by atoms with E-state index in [1.54, 1.807) is 6.20 Å². The van der Waals surface area contributed by atoms with Gasteiger partial charge in [0.25, 0.3) is 0 Å². The second-order valence-corrected chi connectivity index (χ2v) is 12.8. The fourth-order valence-corrected chi connectivity index (χ4v) is 7.36. The van der Waals surface area contributed by atoms with E-state index in [0.717, 1.165) is 44.4 Å². The normalized spacial score (nSPS) is 11.6. The quantitative estimate of drug-likeness (QED) is 0.171. The van der Waals surface area contributed by atoms with E-state index in [1.807, 2.05) is 18.3 Å². The molecular weight excluding hydrogens is 621 g/mol.